The second-order valence-corrected chi connectivity index (χ2v) is 13.2. The van der Waals surface area contributed by atoms with Crippen LogP contribution in [-0.4, -0.2) is 7.69 Å². The summed E-state index contributed by atoms with van der Waals surface area (Å²) in [5, 5.41) is 0. The highest BCUT2D eigenvalue weighted by atomic mass is 16.6. The van der Waals surface area contributed by atoms with E-state index in [-0.39, 0.29) is 0 Å². The number of nitrogens with zero attached hydrogens (tertiary/aromatic N) is 2. The van der Waals surface area contributed by atoms with E-state index in [0.29, 0.717) is 11.5 Å². The minimum atomic E-state index is 0.692. The Bertz CT molecular complexity index is 1860. The largest absolute Gasteiger partial charge is 0.658 e. The lowest BCUT2D eigenvalue weighted by Gasteiger charge is -2.29. The van der Waals surface area contributed by atoms with Gasteiger partial charge >= 0.3 is 7.69 Å². The Morgan fingerprint density at radius 1 is 0.347 bits per heavy atom. The topological polar surface area (TPSA) is 24.9 Å². The van der Waals surface area contributed by atoms with Gasteiger partial charge in [0.05, 0.1) is 11.4 Å². The second-order valence-electron chi connectivity index (χ2n) is 13.2. The summed E-state index contributed by atoms with van der Waals surface area (Å²) in [4.78, 5) is 4.63. The number of anilines is 6. The Morgan fingerprint density at radius 3 is 0.898 bits per heavy atom. The van der Waals surface area contributed by atoms with Crippen molar-refractivity contribution in [3.05, 3.63) is 166 Å². The van der Waals surface area contributed by atoms with Crippen LogP contribution in [0.2, 0.25) is 0 Å². The van der Waals surface area contributed by atoms with E-state index in [2.05, 4.69) is 162 Å². The monoisotopic (exact) mass is 643 g/mol. The number of hydrogen-bond acceptors (Lipinski definition) is 4. The van der Waals surface area contributed by atoms with Crippen LogP contribution in [0, 0.1) is 55.4 Å². The molecule has 0 saturated heterocycles. The third kappa shape index (κ3) is 7.52. The van der Waals surface area contributed by atoms with Gasteiger partial charge in [-0.1, -0.05) is 70.8 Å². The maximum atomic E-state index is 5.93. The summed E-state index contributed by atoms with van der Waals surface area (Å²) in [7, 11) is 1.39. The maximum absolute atomic E-state index is 5.93. The first-order valence-corrected chi connectivity index (χ1v) is 16.8. The first-order chi connectivity index (χ1) is 23.6. The fraction of sp³-hybridized carbons (Fsp3) is 0.182. The fourth-order valence-electron chi connectivity index (χ4n) is 6.74. The summed E-state index contributed by atoms with van der Waals surface area (Å²) in [6.45, 7) is 17.2. The van der Waals surface area contributed by atoms with Crippen molar-refractivity contribution in [1.29, 1.82) is 0 Å². The minimum Gasteiger partial charge on any atom is -0.526 e. The average Bonchev–Trinajstić information content (AvgIpc) is 3.06. The molecule has 0 unspecified atom stereocenters. The van der Waals surface area contributed by atoms with Crippen LogP contribution in [0.4, 0.5) is 34.1 Å². The lowest BCUT2D eigenvalue weighted by Crippen LogP contribution is -2.14. The van der Waals surface area contributed by atoms with Crippen LogP contribution in [0.5, 0.6) is 11.5 Å². The summed E-state index contributed by atoms with van der Waals surface area (Å²) in [6, 6.07) is 42.5. The summed E-state index contributed by atoms with van der Waals surface area (Å²) in [5.74, 6) is 1.38. The third-order valence-corrected chi connectivity index (χ3v) is 8.86. The fourth-order valence-corrected chi connectivity index (χ4v) is 6.74. The molecule has 0 bridgehead atoms. The van der Waals surface area contributed by atoms with Gasteiger partial charge in [-0.2, -0.15) is 0 Å². The summed E-state index contributed by atoms with van der Waals surface area (Å²) < 4.78 is 11.9. The molecule has 4 nitrogen and oxygen atoms in total. The van der Waals surface area contributed by atoms with E-state index in [4.69, 9.17) is 9.31 Å². The molecule has 0 heterocycles. The SMILES string of the molecule is Cc1ccc(N(c2ccc(O[B]Oc3ccc(N(c4ccc(C)cc4)c4c(C)cc(C)cc4C)cc3)cc2)c2c(C)cc(C)cc2C)cc1. The molecule has 6 rings (SSSR count). The van der Waals surface area contributed by atoms with E-state index in [1.54, 1.807) is 0 Å². The van der Waals surface area contributed by atoms with Crippen molar-refractivity contribution in [2.75, 3.05) is 9.80 Å². The minimum absolute atomic E-state index is 0.692. The Balaban J connectivity index is 1.18. The van der Waals surface area contributed by atoms with E-state index < -0.39 is 0 Å². The van der Waals surface area contributed by atoms with Crippen molar-refractivity contribution in [3.63, 3.8) is 0 Å². The van der Waals surface area contributed by atoms with Crippen molar-refractivity contribution in [2.45, 2.75) is 55.4 Å². The Hall–Kier alpha value is -5.42. The van der Waals surface area contributed by atoms with Crippen molar-refractivity contribution in [2.24, 2.45) is 0 Å². The van der Waals surface area contributed by atoms with Crippen LogP contribution in [0.15, 0.2) is 121 Å². The number of rotatable bonds is 10. The molecular weight excluding hydrogens is 599 g/mol. The Morgan fingerprint density at radius 2 is 0.612 bits per heavy atom. The van der Waals surface area contributed by atoms with Crippen LogP contribution in [-0.2, 0) is 0 Å². The molecule has 0 aromatic heterocycles. The van der Waals surface area contributed by atoms with Crippen molar-refractivity contribution < 1.29 is 9.31 Å². The zero-order valence-electron chi connectivity index (χ0n) is 29.8. The van der Waals surface area contributed by atoms with Crippen LogP contribution in [0.1, 0.15) is 44.5 Å². The molecule has 49 heavy (non-hydrogen) atoms. The molecule has 0 aliphatic carbocycles. The van der Waals surface area contributed by atoms with Gasteiger partial charge in [-0.3, -0.25) is 0 Å². The van der Waals surface area contributed by atoms with E-state index in [9.17, 15) is 0 Å². The van der Waals surface area contributed by atoms with Crippen molar-refractivity contribution >= 4 is 41.8 Å². The smallest absolute Gasteiger partial charge is 0.526 e. The van der Waals surface area contributed by atoms with Gasteiger partial charge in [0, 0.05) is 22.7 Å². The van der Waals surface area contributed by atoms with E-state index >= 15 is 0 Å². The molecule has 6 aromatic rings. The van der Waals surface area contributed by atoms with E-state index in [1.807, 2.05) is 24.3 Å². The lowest BCUT2D eigenvalue weighted by molar-refractivity contribution is 0.459. The first kappa shape index (κ1) is 33.5. The zero-order chi connectivity index (χ0) is 34.7. The highest BCUT2D eigenvalue weighted by Crippen LogP contribution is 2.41. The molecule has 1 radical (unpaired) electrons. The lowest BCUT2D eigenvalue weighted by atomic mass is 10.0. The molecule has 245 valence electrons. The van der Waals surface area contributed by atoms with Crippen LogP contribution in [0.25, 0.3) is 0 Å². The first-order valence-electron chi connectivity index (χ1n) is 16.8. The van der Waals surface area contributed by atoms with Crippen molar-refractivity contribution in [1.82, 2.24) is 0 Å². The van der Waals surface area contributed by atoms with E-state index in [1.165, 1.54) is 63.6 Å². The molecular formula is C44H44BN2O2. The van der Waals surface area contributed by atoms with Crippen LogP contribution >= 0.6 is 0 Å². The quantitative estimate of drug-likeness (QED) is 0.139. The molecule has 0 fully saturated rings. The van der Waals surface area contributed by atoms with Gasteiger partial charge in [0.15, 0.2) is 0 Å². The van der Waals surface area contributed by atoms with Gasteiger partial charge in [0.1, 0.15) is 11.5 Å². The maximum Gasteiger partial charge on any atom is 0.658 e. The molecule has 0 N–H and O–H groups in total. The molecule has 0 spiro atoms. The highest BCUT2D eigenvalue weighted by molar-refractivity contribution is 6.20. The Labute approximate surface area is 292 Å². The molecule has 0 saturated carbocycles. The molecule has 0 amide bonds. The molecule has 6 aromatic carbocycles. The number of aryl methyl sites for hydroxylation is 8. The average molecular weight is 644 g/mol. The van der Waals surface area contributed by atoms with Gasteiger partial charge in [0.2, 0.25) is 0 Å². The molecule has 0 atom stereocenters. The molecule has 0 aliphatic heterocycles. The predicted molar refractivity (Wildman–Crippen MR) is 207 cm³/mol. The standard InChI is InChI=1S/C44H44BN2O2/c1-29-9-13-37(14-10-29)46(43-33(5)25-31(3)26-34(43)6)39-17-21-41(22-18-39)48-45-49-42-23-19-40(20-24-42)47(38-15-11-30(2)12-16-38)44-35(7)27-32(4)28-36(44)8/h9-28H,1-8H3. The predicted octanol–water partition coefficient (Wildman–Crippen LogP) is 12.1. The number of benzene rings is 6. The van der Waals surface area contributed by atoms with Gasteiger partial charge in [0.25, 0.3) is 0 Å². The van der Waals surface area contributed by atoms with Gasteiger partial charge in [-0.25, -0.2) is 0 Å². The highest BCUT2D eigenvalue weighted by Gasteiger charge is 2.19. The molecule has 5 heteroatoms. The van der Waals surface area contributed by atoms with Gasteiger partial charge in [-0.05, 0) is 150 Å². The third-order valence-electron chi connectivity index (χ3n) is 8.86. The number of hydrogen-bond donors (Lipinski definition) is 0. The van der Waals surface area contributed by atoms with Gasteiger partial charge in [-0.15, -0.1) is 0 Å². The summed E-state index contributed by atoms with van der Waals surface area (Å²) in [6.07, 6.45) is 0. The van der Waals surface area contributed by atoms with Crippen LogP contribution < -0.4 is 19.1 Å². The normalized spacial score (nSPS) is 10.9. The van der Waals surface area contributed by atoms with Crippen LogP contribution in [0.3, 0.4) is 0 Å². The van der Waals surface area contributed by atoms with Crippen molar-refractivity contribution in [3.8, 4) is 11.5 Å². The Kier molecular flexibility index (Phi) is 9.82. The summed E-state index contributed by atoms with van der Waals surface area (Å²) in [5.41, 5.74) is 16.6. The molecule has 0 aliphatic rings. The summed E-state index contributed by atoms with van der Waals surface area (Å²) >= 11 is 0. The second kappa shape index (κ2) is 14.4. The van der Waals surface area contributed by atoms with E-state index in [0.717, 1.165) is 22.7 Å². The van der Waals surface area contributed by atoms with Gasteiger partial charge < -0.3 is 19.1 Å². The zero-order valence-corrected chi connectivity index (χ0v) is 29.8.